The third-order valence-electron chi connectivity index (χ3n) is 3.36. The molecule has 19 heavy (non-hydrogen) atoms. The Kier molecular flexibility index (Phi) is 2.29. The van der Waals surface area contributed by atoms with E-state index in [0.29, 0.717) is 22.5 Å². The van der Waals surface area contributed by atoms with Crippen LogP contribution < -0.4 is 5.43 Å². The number of aryl methyl sites for hydroxylation is 1. The van der Waals surface area contributed by atoms with E-state index in [9.17, 15) is 15.0 Å². The number of hydrogen-bond donors (Lipinski definition) is 2. The highest BCUT2D eigenvalue weighted by molar-refractivity contribution is 5.88. The molecule has 0 aromatic heterocycles. The van der Waals surface area contributed by atoms with Crippen molar-refractivity contribution < 1.29 is 14.6 Å². The fourth-order valence-corrected chi connectivity index (χ4v) is 2.31. The van der Waals surface area contributed by atoms with Gasteiger partial charge in [0.15, 0.2) is 5.75 Å². The van der Waals surface area contributed by atoms with Gasteiger partial charge in [-0.2, -0.15) is 0 Å². The summed E-state index contributed by atoms with van der Waals surface area (Å²) in [5.74, 6) is 0.266. The van der Waals surface area contributed by atoms with Crippen molar-refractivity contribution in [3.63, 3.8) is 0 Å². The van der Waals surface area contributed by atoms with Gasteiger partial charge in [0.2, 0.25) is 5.43 Å². The molecule has 0 atom stereocenters. The van der Waals surface area contributed by atoms with Gasteiger partial charge in [0.25, 0.3) is 0 Å². The zero-order valence-electron chi connectivity index (χ0n) is 10.5. The van der Waals surface area contributed by atoms with Crippen LogP contribution in [0.4, 0.5) is 0 Å². The predicted molar refractivity (Wildman–Crippen MR) is 71.9 cm³/mol. The Morgan fingerprint density at radius 1 is 1.05 bits per heavy atom. The molecule has 1 heterocycles. The highest BCUT2D eigenvalue weighted by Crippen LogP contribution is 2.35. The molecule has 0 radical (unpaired) electrons. The van der Waals surface area contributed by atoms with E-state index >= 15 is 0 Å². The summed E-state index contributed by atoms with van der Waals surface area (Å²) in [7, 11) is 0. The zero-order chi connectivity index (χ0) is 13.7. The second-order valence-electron chi connectivity index (χ2n) is 4.68. The van der Waals surface area contributed by atoms with E-state index in [-0.39, 0.29) is 11.5 Å². The first kappa shape index (κ1) is 11.6. The van der Waals surface area contributed by atoms with Crippen molar-refractivity contribution in [2.24, 2.45) is 0 Å². The fourth-order valence-electron chi connectivity index (χ4n) is 2.31. The van der Waals surface area contributed by atoms with E-state index in [2.05, 4.69) is 0 Å². The van der Waals surface area contributed by atoms with Crippen molar-refractivity contribution in [2.45, 2.75) is 13.8 Å². The van der Waals surface area contributed by atoms with E-state index in [1.54, 1.807) is 13.0 Å². The molecule has 1 aliphatic heterocycles. The lowest BCUT2D eigenvalue weighted by Gasteiger charge is -2.12. The molecule has 0 saturated carbocycles. The second-order valence-corrected chi connectivity index (χ2v) is 4.68. The first-order valence-corrected chi connectivity index (χ1v) is 5.87. The fraction of sp³-hybridized carbons (Fsp3) is 0.133. The van der Waals surface area contributed by atoms with Crippen LogP contribution in [0.2, 0.25) is 0 Å². The normalized spacial score (nSPS) is 11.3. The van der Waals surface area contributed by atoms with Crippen LogP contribution in [0.15, 0.2) is 33.5 Å². The number of rotatable bonds is 0. The molecule has 0 spiro atoms. The number of benzene rings is 2. The highest BCUT2D eigenvalue weighted by atomic mass is 16.3. The zero-order valence-corrected chi connectivity index (χ0v) is 10.5. The summed E-state index contributed by atoms with van der Waals surface area (Å²) in [4.78, 5) is 11.6. The summed E-state index contributed by atoms with van der Waals surface area (Å²) in [6.45, 7) is 3.54. The van der Waals surface area contributed by atoms with Crippen LogP contribution in [0.25, 0.3) is 22.3 Å². The van der Waals surface area contributed by atoms with E-state index in [1.807, 2.05) is 13.0 Å². The molecule has 0 bridgehead atoms. The highest BCUT2D eigenvalue weighted by Gasteiger charge is 2.16. The van der Waals surface area contributed by atoms with Gasteiger partial charge < -0.3 is 14.6 Å². The Morgan fingerprint density at radius 3 is 2.53 bits per heavy atom. The molecule has 0 fully saturated rings. The largest absolute Gasteiger partial charge is 0.508 e. The first-order chi connectivity index (χ1) is 8.97. The van der Waals surface area contributed by atoms with Crippen molar-refractivity contribution in [2.75, 3.05) is 0 Å². The van der Waals surface area contributed by atoms with Gasteiger partial charge in [0.1, 0.15) is 17.1 Å². The predicted octanol–water partition coefficient (Wildman–Crippen LogP) is 2.93. The minimum atomic E-state index is -0.468. The summed E-state index contributed by atoms with van der Waals surface area (Å²) >= 11 is 0. The molecule has 3 rings (SSSR count). The van der Waals surface area contributed by atoms with Gasteiger partial charge in [-0.05, 0) is 31.5 Å². The molecule has 1 aliphatic carbocycles. The van der Waals surface area contributed by atoms with Crippen LogP contribution >= 0.6 is 0 Å². The molecule has 4 heteroatoms. The molecule has 0 unspecified atom stereocenters. The molecule has 0 saturated heterocycles. The third-order valence-corrected chi connectivity index (χ3v) is 3.36. The Hall–Kier alpha value is -2.49. The molecule has 4 nitrogen and oxygen atoms in total. The minimum absolute atomic E-state index is 0.117. The van der Waals surface area contributed by atoms with Crippen molar-refractivity contribution in [1.82, 2.24) is 0 Å². The SMILES string of the molecule is Cc1c2cc3c(C)cc(O)cc3oc-2cc(=O)c1O. The van der Waals surface area contributed by atoms with Crippen molar-refractivity contribution in [1.29, 1.82) is 0 Å². The summed E-state index contributed by atoms with van der Waals surface area (Å²) in [6.07, 6.45) is 0. The Balaban J connectivity index is 2.53. The topological polar surface area (TPSA) is 70.7 Å². The number of phenols is 2. The molecule has 1 aromatic carbocycles. The third kappa shape index (κ3) is 1.64. The summed E-state index contributed by atoms with van der Waals surface area (Å²) in [5.41, 5.74) is 2.10. The van der Waals surface area contributed by atoms with Crippen molar-refractivity contribution >= 4 is 11.0 Å². The van der Waals surface area contributed by atoms with E-state index in [0.717, 1.165) is 10.9 Å². The Labute approximate surface area is 108 Å². The minimum Gasteiger partial charge on any atom is -0.508 e. The van der Waals surface area contributed by atoms with Crippen molar-refractivity contribution in [3.05, 3.63) is 45.6 Å². The van der Waals surface area contributed by atoms with Gasteiger partial charge in [-0.15, -0.1) is 0 Å². The van der Waals surface area contributed by atoms with Crippen LogP contribution in [0.1, 0.15) is 11.1 Å². The van der Waals surface area contributed by atoms with Crippen LogP contribution in [-0.2, 0) is 0 Å². The number of hydrogen-bond acceptors (Lipinski definition) is 4. The lowest BCUT2D eigenvalue weighted by atomic mass is 10.00. The van der Waals surface area contributed by atoms with Gasteiger partial charge in [0, 0.05) is 28.6 Å². The van der Waals surface area contributed by atoms with Gasteiger partial charge in [-0.1, -0.05) is 0 Å². The maximum atomic E-state index is 11.6. The molecule has 1 aromatic rings. The number of aromatic hydroxyl groups is 2. The molecular weight excluding hydrogens is 244 g/mol. The van der Waals surface area contributed by atoms with Crippen molar-refractivity contribution in [3.8, 4) is 22.8 Å². The smallest absolute Gasteiger partial charge is 0.224 e. The lowest BCUT2D eigenvalue weighted by molar-refractivity contribution is 0.464. The lowest BCUT2D eigenvalue weighted by Crippen LogP contribution is -2.03. The quantitative estimate of drug-likeness (QED) is 0.607. The molecule has 96 valence electrons. The van der Waals surface area contributed by atoms with E-state index in [4.69, 9.17) is 4.42 Å². The van der Waals surface area contributed by atoms with Gasteiger partial charge in [0.05, 0.1) is 0 Å². The van der Waals surface area contributed by atoms with Crippen LogP contribution in [0.3, 0.4) is 0 Å². The van der Waals surface area contributed by atoms with E-state index in [1.165, 1.54) is 12.1 Å². The Bertz CT molecular complexity index is 830. The molecular formula is C15H12O4. The van der Waals surface area contributed by atoms with E-state index < -0.39 is 5.43 Å². The second kappa shape index (κ2) is 3.75. The average Bonchev–Trinajstić information content (AvgIpc) is 2.34. The summed E-state index contributed by atoms with van der Waals surface area (Å²) in [6, 6.07) is 6.27. The molecule has 2 aliphatic rings. The Morgan fingerprint density at radius 2 is 1.79 bits per heavy atom. The van der Waals surface area contributed by atoms with Crippen LogP contribution in [0.5, 0.6) is 11.5 Å². The maximum absolute atomic E-state index is 11.6. The standard InChI is InChI=1S/C15H12O4/c1-7-3-9(16)4-13-10(7)5-11-8(2)15(18)12(17)6-14(11)19-13/h3-6,16,18H,1-2H3. The first-order valence-electron chi connectivity index (χ1n) is 5.87. The monoisotopic (exact) mass is 256 g/mol. The summed E-state index contributed by atoms with van der Waals surface area (Å²) in [5, 5.41) is 20.1. The van der Waals surface area contributed by atoms with Gasteiger partial charge in [-0.3, -0.25) is 4.79 Å². The van der Waals surface area contributed by atoms with Gasteiger partial charge in [-0.25, -0.2) is 0 Å². The average molecular weight is 256 g/mol. The van der Waals surface area contributed by atoms with Crippen LogP contribution in [-0.4, -0.2) is 10.2 Å². The molecule has 0 amide bonds. The van der Waals surface area contributed by atoms with Gasteiger partial charge >= 0.3 is 0 Å². The molecule has 2 N–H and O–H groups in total. The number of phenolic OH excluding ortho intramolecular Hbond substituents is 2. The summed E-state index contributed by atoms with van der Waals surface area (Å²) < 4.78 is 5.65. The van der Waals surface area contributed by atoms with Crippen LogP contribution in [0, 0.1) is 13.8 Å². The maximum Gasteiger partial charge on any atom is 0.224 e. The number of fused-ring (bicyclic) bond motifs is 2.